The summed E-state index contributed by atoms with van der Waals surface area (Å²) in [6.45, 7) is 2.07. The molecular formula is C15H15NO3S. The summed E-state index contributed by atoms with van der Waals surface area (Å²) in [6.07, 6.45) is 3.61. The maximum atomic E-state index is 11.3. The first-order valence-corrected chi connectivity index (χ1v) is 7.29. The first kappa shape index (κ1) is 14.4. The molecule has 0 amide bonds. The lowest BCUT2D eigenvalue weighted by molar-refractivity contribution is 0.0693. The highest BCUT2D eigenvalue weighted by Gasteiger charge is 2.14. The van der Waals surface area contributed by atoms with Crippen molar-refractivity contribution in [2.24, 2.45) is 0 Å². The highest BCUT2D eigenvalue weighted by atomic mass is 32.2. The standard InChI is InChI=1S/C15H15NO3S/c1-10-13(6-4-8-16-10)19-9-12-11(15(17)18)5-3-7-14(12)20-2/h3-8H,9H2,1-2H3,(H,17,18). The van der Waals surface area contributed by atoms with Crippen LogP contribution in [0.15, 0.2) is 41.4 Å². The Morgan fingerprint density at radius 2 is 2.15 bits per heavy atom. The Balaban J connectivity index is 2.29. The second-order valence-corrected chi connectivity index (χ2v) is 5.02. The Hall–Kier alpha value is -2.01. The first-order chi connectivity index (χ1) is 9.63. The lowest BCUT2D eigenvalue weighted by atomic mass is 10.1. The summed E-state index contributed by atoms with van der Waals surface area (Å²) in [5.41, 5.74) is 1.75. The quantitative estimate of drug-likeness (QED) is 0.855. The topological polar surface area (TPSA) is 59.4 Å². The van der Waals surface area contributed by atoms with E-state index >= 15 is 0 Å². The number of aromatic nitrogens is 1. The number of hydrogen-bond acceptors (Lipinski definition) is 4. The Labute approximate surface area is 121 Å². The number of thioether (sulfide) groups is 1. The summed E-state index contributed by atoms with van der Waals surface area (Å²) in [5.74, 6) is -0.276. The Kier molecular flexibility index (Phi) is 4.63. The number of carbonyl (C=O) groups is 1. The minimum Gasteiger partial charge on any atom is -0.487 e. The summed E-state index contributed by atoms with van der Waals surface area (Å²) < 4.78 is 5.72. The first-order valence-electron chi connectivity index (χ1n) is 6.07. The fourth-order valence-electron chi connectivity index (χ4n) is 1.88. The van der Waals surface area contributed by atoms with Crippen LogP contribution in [0.1, 0.15) is 21.6 Å². The van der Waals surface area contributed by atoms with Gasteiger partial charge in [0.2, 0.25) is 0 Å². The summed E-state index contributed by atoms with van der Waals surface area (Å²) in [4.78, 5) is 16.3. The van der Waals surface area contributed by atoms with Crippen LogP contribution in [0, 0.1) is 6.92 Å². The van der Waals surface area contributed by atoms with Crippen molar-refractivity contribution in [3.05, 3.63) is 53.3 Å². The number of carboxylic acids is 1. The summed E-state index contributed by atoms with van der Waals surface area (Å²) >= 11 is 1.51. The van der Waals surface area contributed by atoms with Crippen molar-refractivity contribution in [1.82, 2.24) is 4.98 Å². The number of aromatic carboxylic acids is 1. The molecule has 0 bridgehead atoms. The average Bonchev–Trinajstić information content (AvgIpc) is 2.46. The zero-order valence-corrected chi connectivity index (χ0v) is 12.1. The molecule has 0 spiro atoms. The van der Waals surface area contributed by atoms with E-state index in [1.807, 2.05) is 25.3 Å². The summed E-state index contributed by atoms with van der Waals surface area (Å²) in [5, 5.41) is 9.26. The molecule has 0 fully saturated rings. The fourth-order valence-corrected chi connectivity index (χ4v) is 2.51. The van der Waals surface area contributed by atoms with Gasteiger partial charge in [-0.15, -0.1) is 11.8 Å². The van der Waals surface area contributed by atoms with Gasteiger partial charge in [-0.1, -0.05) is 6.07 Å². The van der Waals surface area contributed by atoms with Crippen molar-refractivity contribution in [2.75, 3.05) is 6.26 Å². The van der Waals surface area contributed by atoms with Crippen molar-refractivity contribution in [3.63, 3.8) is 0 Å². The normalized spacial score (nSPS) is 10.3. The van der Waals surface area contributed by atoms with Crippen LogP contribution in [0.3, 0.4) is 0 Å². The van der Waals surface area contributed by atoms with Gasteiger partial charge in [-0.2, -0.15) is 0 Å². The number of aryl methyl sites for hydroxylation is 1. The van der Waals surface area contributed by atoms with E-state index in [1.54, 1.807) is 24.4 Å². The monoisotopic (exact) mass is 289 g/mol. The smallest absolute Gasteiger partial charge is 0.336 e. The molecule has 5 heteroatoms. The molecule has 2 aromatic rings. The predicted octanol–water partition coefficient (Wildman–Crippen LogP) is 3.39. The largest absolute Gasteiger partial charge is 0.487 e. The highest BCUT2D eigenvalue weighted by Crippen LogP contribution is 2.26. The Bertz CT molecular complexity index is 628. The van der Waals surface area contributed by atoms with Gasteiger partial charge in [-0.05, 0) is 37.4 Å². The predicted molar refractivity (Wildman–Crippen MR) is 78.5 cm³/mol. The van der Waals surface area contributed by atoms with Gasteiger partial charge in [0, 0.05) is 16.7 Å². The number of nitrogens with zero attached hydrogens (tertiary/aromatic N) is 1. The van der Waals surface area contributed by atoms with Crippen LogP contribution in [0.2, 0.25) is 0 Å². The minimum absolute atomic E-state index is 0.213. The molecule has 1 heterocycles. The van der Waals surface area contributed by atoms with Crippen LogP contribution in [0.5, 0.6) is 5.75 Å². The molecule has 0 saturated heterocycles. The van der Waals surface area contributed by atoms with E-state index in [2.05, 4.69) is 4.98 Å². The van der Waals surface area contributed by atoms with Crippen LogP contribution in [-0.4, -0.2) is 22.3 Å². The van der Waals surface area contributed by atoms with Crippen molar-refractivity contribution in [2.45, 2.75) is 18.4 Å². The number of pyridine rings is 1. The zero-order valence-electron chi connectivity index (χ0n) is 11.3. The van der Waals surface area contributed by atoms with E-state index in [0.29, 0.717) is 11.3 Å². The number of hydrogen-bond donors (Lipinski definition) is 1. The van der Waals surface area contributed by atoms with E-state index in [0.717, 1.165) is 10.6 Å². The minimum atomic E-state index is -0.942. The lowest BCUT2D eigenvalue weighted by Crippen LogP contribution is -2.07. The molecule has 0 aliphatic carbocycles. The van der Waals surface area contributed by atoms with E-state index in [9.17, 15) is 9.90 Å². The molecule has 0 saturated carbocycles. The van der Waals surface area contributed by atoms with Crippen molar-refractivity contribution in [3.8, 4) is 5.75 Å². The Morgan fingerprint density at radius 3 is 2.80 bits per heavy atom. The van der Waals surface area contributed by atoms with Crippen LogP contribution >= 0.6 is 11.8 Å². The number of rotatable bonds is 5. The third-order valence-corrected chi connectivity index (χ3v) is 3.74. The average molecular weight is 289 g/mol. The van der Waals surface area contributed by atoms with Crippen LogP contribution in [0.4, 0.5) is 0 Å². The van der Waals surface area contributed by atoms with Crippen molar-refractivity contribution in [1.29, 1.82) is 0 Å². The molecule has 0 radical (unpaired) electrons. The van der Waals surface area contributed by atoms with Gasteiger partial charge >= 0.3 is 5.97 Å². The van der Waals surface area contributed by atoms with Crippen molar-refractivity contribution < 1.29 is 14.6 Å². The van der Waals surface area contributed by atoms with Crippen LogP contribution in [-0.2, 0) is 6.61 Å². The molecule has 104 valence electrons. The molecule has 0 aliphatic rings. The molecule has 1 N–H and O–H groups in total. The Morgan fingerprint density at radius 1 is 1.35 bits per heavy atom. The zero-order chi connectivity index (χ0) is 14.5. The molecule has 1 aromatic carbocycles. The third-order valence-electron chi connectivity index (χ3n) is 2.91. The van der Waals surface area contributed by atoms with E-state index < -0.39 is 5.97 Å². The van der Waals surface area contributed by atoms with Crippen molar-refractivity contribution >= 4 is 17.7 Å². The van der Waals surface area contributed by atoms with E-state index in [1.165, 1.54) is 11.8 Å². The number of ether oxygens (including phenoxy) is 1. The highest BCUT2D eigenvalue weighted by molar-refractivity contribution is 7.98. The molecule has 4 nitrogen and oxygen atoms in total. The van der Waals surface area contributed by atoms with E-state index in [4.69, 9.17) is 4.74 Å². The summed E-state index contributed by atoms with van der Waals surface area (Å²) in [6, 6.07) is 8.85. The molecule has 0 unspecified atom stereocenters. The number of carboxylic acid groups (broad SMARTS) is 1. The van der Waals surface area contributed by atoms with Crippen LogP contribution < -0.4 is 4.74 Å². The van der Waals surface area contributed by atoms with E-state index in [-0.39, 0.29) is 12.2 Å². The number of benzene rings is 1. The third kappa shape index (κ3) is 3.11. The molecule has 1 aromatic heterocycles. The van der Waals surface area contributed by atoms with Gasteiger partial charge in [-0.25, -0.2) is 4.79 Å². The molecule has 2 rings (SSSR count). The molecular weight excluding hydrogens is 274 g/mol. The second-order valence-electron chi connectivity index (χ2n) is 4.17. The second kappa shape index (κ2) is 6.43. The van der Waals surface area contributed by atoms with Gasteiger partial charge in [0.25, 0.3) is 0 Å². The van der Waals surface area contributed by atoms with Gasteiger partial charge in [0.1, 0.15) is 12.4 Å². The van der Waals surface area contributed by atoms with Gasteiger partial charge in [-0.3, -0.25) is 4.98 Å². The van der Waals surface area contributed by atoms with Gasteiger partial charge < -0.3 is 9.84 Å². The lowest BCUT2D eigenvalue weighted by Gasteiger charge is -2.13. The molecule has 0 atom stereocenters. The SMILES string of the molecule is CSc1cccc(C(=O)O)c1COc1cccnc1C. The maximum Gasteiger partial charge on any atom is 0.336 e. The molecule has 0 aliphatic heterocycles. The molecule has 20 heavy (non-hydrogen) atoms. The summed E-state index contributed by atoms with van der Waals surface area (Å²) in [7, 11) is 0. The van der Waals surface area contributed by atoms with Gasteiger partial charge in [0.15, 0.2) is 0 Å². The fraction of sp³-hybridized carbons (Fsp3) is 0.200. The van der Waals surface area contributed by atoms with Crippen LogP contribution in [0.25, 0.3) is 0 Å². The maximum absolute atomic E-state index is 11.3. The van der Waals surface area contributed by atoms with Gasteiger partial charge in [0.05, 0.1) is 11.3 Å².